The third-order valence-corrected chi connectivity index (χ3v) is 1.76. The summed E-state index contributed by atoms with van der Waals surface area (Å²) in [7, 11) is 0. The van der Waals surface area contributed by atoms with Gasteiger partial charge in [0.05, 0.1) is 10.9 Å². The van der Waals surface area contributed by atoms with Crippen LogP contribution in [-0.2, 0) is 0 Å². The molecular formula is C8H7N3O. The highest BCUT2D eigenvalue weighted by molar-refractivity contribution is 6.01. The van der Waals surface area contributed by atoms with E-state index in [-0.39, 0.29) is 0 Å². The summed E-state index contributed by atoms with van der Waals surface area (Å²) in [6.45, 7) is 0. The number of carbonyl (C=O) groups is 1. The molecule has 0 amide bonds. The average Bonchev–Trinajstić information content (AvgIpc) is 2.49. The fraction of sp³-hybridized carbons (Fsp3) is 0. The Balaban J connectivity index is 2.91. The highest BCUT2D eigenvalue weighted by Gasteiger charge is 2.05. The second-order valence-corrected chi connectivity index (χ2v) is 2.50. The molecule has 0 radical (unpaired) electrons. The maximum absolute atomic E-state index is 10.5. The van der Waals surface area contributed by atoms with E-state index in [4.69, 9.17) is 5.73 Å². The molecule has 1 aromatic carbocycles. The zero-order valence-electron chi connectivity index (χ0n) is 6.24. The summed E-state index contributed by atoms with van der Waals surface area (Å²) in [6, 6.07) is 5.34. The lowest BCUT2D eigenvalue weighted by molar-refractivity contribution is 0.112. The molecule has 0 atom stereocenters. The van der Waals surface area contributed by atoms with Crippen LogP contribution in [0.4, 0.5) is 5.69 Å². The van der Waals surface area contributed by atoms with Crippen LogP contribution < -0.4 is 5.73 Å². The molecule has 0 saturated heterocycles. The number of carbonyl (C=O) groups excluding carboxylic acids is 1. The molecule has 4 heteroatoms. The molecule has 1 aromatic heterocycles. The molecule has 1 heterocycles. The molecule has 0 aliphatic rings. The molecule has 0 aliphatic heterocycles. The Bertz CT molecular complexity index is 433. The summed E-state index contributed by atoms with van der Waals surface area (Å²) in [5, 5.41) is 7.22. The molecular weight excluding hydrogens is 154 g/mol. The van der Waals surface area contributed by atoms with Crippen molar-refractivity contribution in [3.05, 3.63) is 23.9 Å². The van der Waals surface area contributed by atoms with Crippen LogP contribution in [0.25, 0.3) is 10.9 Å². The smallest absolute Gasteiger partial charge is 0.168 e. The summed E-state index contributed by atoms with van der Waals surface area (Å²) in [5.74, 6) is 0. The Morgan fingerprint density at radius 3 is 3.08 bits per heavy atom. The molecule has 12 heavy (non-hydrogen) atoms. The van der Waals surface area contributed by atoms with Crippen LogP contribution in [0.15, 0.2) is 18.2 Å². The molecule has 3 N–H and O–H groups in total. The molecule has 2 rings (SSSR count). The number of aldehydes is 1. The first kappa shape index (κ1) is 6.84. The van der Waals surface area contributed by atoms with Crippen molar-refractivity contribution in [1.29, 1.82) is 0 Å². The molecule has 0 fully saturated rings. The van der Waals surface area contributed by atoms with Crippen LogP contribution in [0.1, 0.15) is 10.5 Å². The Kier molecular flexibility index (Phi) is 1.33. The number of aromatic nitrogens is 2. The normalized spacial score (nSPS) is 10.3. The first-order chi connectivity index (χ1) is 5.83. The van der Waals surface area contributed by atoms with Gasteiger partial charge in [0.2, 0.25) is 0 Å². The lowest BCUT2D eigenvalue weighted by atomic mass is 10.2. The number of fused-ring (bicyclic) bond motifs is 1. The number of aromatic amines is 1. The first-order valence-electron chi connectivity index (χ1n) is 3.50. The lowest BCUT2D eigenvalue weighted by Gasteiger charge is -1.93. The third kappa shape index (κ3) is 0.780. The molecule has 0 unspecified atom stereocenters. The van der Waals surface area contributed by atoms with Gasteiger partial charge in [0, 0.05) is 5.69 Å². The predicted octanol–water partition coefficient (Wildman–Crippen LogP) is 0.958. The van der Waals surface area contributed by atoms with Crippen LogP contribution in [0.5, 0.6) is 0 Å². The van der Waals surface area contributed by atoms with Gasteiger partial charge in [0.25, 0.3) is 0 Å². The van der Waals surface area contributed by atoms with Crippen LogP contribution in [0, 0.1) is 0 Å². The van der Waals surface area contributed by atoms with Crippen molar-refractivity contribution in [2.75, 3.05) is 5.73 Å². The van der Waals surface area contributed by atoms with Gasteiger partial charge in [0.1, 0.15) is 5.69 Å². The van der Waals surface area contributed by atoms with Crippen molar-refractivity contribution < 1.29 is 4.79 Å². The second kappa shape index (κ2) is 2.34. The van der Waals surface area contributed by atoms with Crippen LogP contribution in [-0.4, -0.2) is 16.5 Å². The van der Waals surface area contributed by atoms with Gasteiger partial charge in [-0.15, -0.1) is 0 Å². The number of H-pyrrole nitrogens is 1. The van der Waals surface area contributed by atoms with Gasteiger partial charge < -0.3 is 5.73 Å². The molecule has 0 bridgehead atoms. The Labute approximate surface area is 68.4 Å². The van der Waals surface area contributed by atoms with Crippen LogP contribution in [0.2, 0.25) is 0 Å². The lowest BCUT2D eigenvalue weighted by Crippen LogP contribution is -1.87. The van der Waals surface area contributed by atoms with E-state index < -0.39 is 0 Å². The van der Waals surface area contributed by atoms with Crippen molar-refractivity contribution in [2.24, 2.45) is 0 Å². The standard InChI is InChI=1S/C8H7N3O/c9-5-2-1-3-6-8(5)7(4-12)11-10-6/h1-4H,9H2,(H,10,11). The Morgan fingerprint density at radius 2 is 2.33 bits per heavy atom. The van der Waals surface area contributed by atoms with Crippen molar-refractivity contribution in [2.45, 2.75) is 0 Å². The van der Waals surface area contributed by atoms with Gasteiger partial charge in [0.15, 0.2) is 6.29 Å². The highest BCUT2D eigenvalue weighted by atomic mass is 16.1. The number of anilines is 1. The quantitative estimate of drug-likeness (QED) is 0.483. The number of benzene rings is 1. The number of hydrogen-bond donors (Lipinski definition) is 2. The fourth-order valence-electron chi connectivity index (χ4n) is 1.21. The number of rotatable bonds is 1. The largest absolute Gasteiger partial charge is 0.398 e. The van der Waals surface area contributed by atoms with E-state index >= 15 is 0 Å². The molecule has 2 aromatic rings. The zero-order chi connectivity index (χ0) is 8.55. The number of nitrogens with one attached hydrogen (secondary N) is 1. The van der Waals surface area contributed by atoms with Gasteiger partial charge in [-0.25, -0.2) is 0 Å². The molecule has 4 nitrogen and oxygen atoms in total. The fourth-order valence-corrected chi connectivity index (χ4v) is 1.21. The number of nitrogen functional groups attached to an aromatic ring is 1. The van der Waals surface area contributed by atoms with E-state index in [9.17, 15) is 4.79 Å². The highest BCUT2D eigenvalue weighted by Crippen LogP contribution is 2.20. The summed E-state index contributed by atoms with van der Waals surface area (Å²) in [4.78, 5) is 10.5. The van der Waals surface area contributed by atoms with E-state index in [1.807, 2.05) is 0 Å². The van der Waals surface area contributed by atoms with Gasteiger partial charge in [-0.3, -0.25) is 9.89 Å². The van der Waals surface area contributed by atoms with E-state index in [0.717, 1.165) is 5.52 Å². The van der Waals surface area contributed by atoms with Crippen molar-refractivity contribution in [1.82, 2.24) is 10.2 Å². The van der Waals surface area contributed by atoms with Gasteiger partial charge >= 0.3 is 0 Å². The summed E-state index contributed by atoms with van der Waals surface area (Å²) < 4.78 is 0. The topological polar surface area (TPSA) is 71.8 Å². The summed E-state index contributed by atoms with van der Waals surface area (Å²) in [6.07, 6.45) is 0.714. The van der Waals surface area contributed by atoms with Crippen molar-refractivity contribution >= 4 is 22.9 Å². The minimum absolute atomic E-state index is 0.433. The molecule has 60 valence electrons. The predicted molar refractivity (Wildman–Crippen MR) is 45.9 cm³/mol. The van der Waals surface area contributed by atoms with Crippen LogP contribution >= 0.6 is 0 Å². The van der Waals surface area contributed by atoms with E-state index in [0.29, 0.717) is 23.1 Å². The van der Waals surface area contributed by atoms with E-state index in [1.165, 1.54) is 0 Å². The van der Waals surface area contributed by atoms with Gasteiger partial charge in [-0.05, 0) is 12.1 Å². The molecule has 0 aliphatic carbocycles. The SMILES string of the molecule is Nc1cccc2n[nH]c(C=O)c12. The third-order valence-electron chi connectivity index (χ3n) is 1.76. The maximum atomic E-state index is 10.5. The maximum Gasteiger partial charge on any atom is 0.168 e. The molecule has 0 saturated carbocycles. The monoisotopic (exact) mass is 161 g/mol. The Hall–Kier alpha value is -1.84. The summed E-state index contributed by atoms with van der Waals surface area (Å²) >= 11 is 0. The average molecular weight is 161 g/mol. The van der Waals surface area contributed by atoms with Crippen molar-refractivity contribution in [3.8, 4) is 0 Å². The van der Waals surface area contributed by atoms with Crippen molar-refractivity contribution in [3.63, 3.8) is 0 Å². The number of hydrogen-bond acceptors (Lipinski definition) is 3. The van der Waals surface area contributed by atoms with Gasteiger partial charge in [-0.2, -0.15) is 5.10 Å². The first-order valence-corrected chi connectivity index (χ1v) is 3.50. The number of nitrogens with zero attached hydrogens (tertiary/aromatic N) is 1. The van der Waals surface area contributed by atoms with Crippen LogP contribution in [0.3, 0.4) is 0 Å². The number of nitrogens with two attached hydrogens (primary N) is 1. The summed E-state index contributed by atoms with van der Waals surface area (Å²) in [5.41, 5.74) is 7.38. The minimum Gasteiger partial charge on any atom is -0.398 e. The van der Waals surface area contributed by atoms with E-state index in [1.54, 1.807) is 18.2 Å². The zero-order valence-corrected chi connectivity index (χ0v) is 6.24. The Morgan fingerprint density at radius 1 is 1.50 bits per heavy atom. The molecule has 0 spiro atoms. The second-order valence-electron chi connectivity index (χ2n) is 2.50. The van der Waals surface area contributed by atoms with E-state index in [2.05, 4.69) is 10.2 Å². The minimum atomic E-state index is 0.433. The van der Waals surface area contributed by atoms with Gasteiger partial charge in [-0.1, -0.05) is 6.07 Å².